The first-order valence-electron chi connectivity index (χ1n) is 6.49. The molecule has 0 saturated carbocycles. The van der Waals surface area contributed by atoms with Crippen molar-refractivity contribution in [3.63, 3.8) is 0 Å². The highest BCUT2D eigenvalue weighted by atomic mass is 16.6. The van der Waals surface area contributed by atoms with Crippen LogP contribution in [-0.4, -0.2) is 37.4 Å². The lowest BCUT2D eigenvalue weighted by Crippen LogP contribution is -2.17. The maximum Gasteiger partial charge on any atom is 0.421 e. The average molecular weight is 271 g/mol. The maximum atomic E-state index is 11.1. The molecule has 2 rings (SSSR count). The van der Waals surface area contributed by atoms with Gasteiger partial charge in [0.1, 0.15) is 13.2 Å². The molecule has 1 aromatic carbocycles. The summed E-state index contributed by atoms with van der Waals surface area (Å²) in [5, 5.41) is 0. The number of hydrogen-bond donors (Lipinski definition) is 0. The predicted molar refractivity (Wildman–Crippen MR) is 76.9 cm³/mol. The Balaban J connectivity index is 1.67. The second kappa shape index (κ2) is 7.37. The Labute approximate surface area is 119 Å². The van der Waals surface area contributed by atoms with Gasteiger partial charge in [0, 0.05) is 6.04 Å². The smallest absolute Gasteiger partial charge is 0.421 e. The van der Waals surface area contributed by atoms with Crippen LogP contribution in [-0.2, 0) is 9.47 Å². The average Bonchev–Trinajstić information content (AvgIpc) is 2.83. The van der Waals surface area contributed by atoms with Crippen molar-refractivity contribution in [1.82, 2.24) is 4.90 Å². The van der Waals surface area contributed by atoms with E-state index in [1.54, 1.807) is 0 Å². The number of ether oxygens (including phenoxy) is 2. The van der Waals surface area contributed by atoms with E-state index < -0.39 is 0 Å². The zero-order chi connectivity index (χ0) is 14.2. The van der Waals surface area contributed by atoms with E-state index in [1.807, 2.05) is 24.3 Å². The summed E-state index contributed by atoms with van der Waals surface area (Å²) in [5.74, 6) is 2.78. The molecular formula is C16H17NO3. The van der Waals surface area contributed by atoms with E-state index in [0.29, 0.717) is 26.4 Å². The van der Waals surface area contributed by atoms with Crippen LogP contribution >= 0.6 is 0 Å². The van der Waals surface area contributed by atoms with E-state index in [9.17, 15) is 4.79 Å². The van der Waals surface area contributed by atoms with Gasteiger partial charge in [0.15, 0.2) is 0 Å². The molecule has 0 aliphatic carbocycles. The lowest BCUT2D eigenvalue weighted by Gasteiger charge is -2.00. The number of aryl methyl sites for hydroxylation is 1. The third-order valence-electron chi connectivity index (χ3n) is 2.72. The minimum absolute atomic E-state index is 0.294. The van der Waals surface area contributed by atoms with Crippen LogP contribution < -0.4 is 0 Å². The monoisotopic (exact) mass is 271 g/mol. The first-order chi connectivity index (χ1) is 9.75. The number of amides is 1. The first kappa shape index (κ1) is 14.2. The van der Waals surface area contributed by atoms with E-state index in [1.165, 1.54) is 10.5 Å². The minimum atomic E-state index is -0.378. The van der Waals surface area contributed by atoms with Crippen molar-refractivity contribution >= 4 is 12.2 Å². The van der Waals surface area contributed by atoms with Gasteiger partial charge in [-0.2, -0.15) is 0 Å². The van der Waals surface area contributed by atoms with Crippen LogP contribution in [0.4, 0.5) is 4.79 Å². The van der Waals surface area contributed by atoms with Crippen molar-refractivity contribution < 1.29 is 14.3 Å². The lowest BCUT2D eigenvalue weighted by molar-refractivity contribution is 0.167. The Bertz CT molecular complexity index is 554. The number of carbonyl (C=O) groups is 1. The number of hydrogen-bond acceptors (Lipinski definition) is 3. The Kier molecular flexibility index (Phi) is 5.22. The van der Waals surface area contributed by atoms with Crippen LogP contribution in [0.3, 0.4) is 0 Å². The fourth-order valence-corrected chi connectivity index (χ4v) is 1.76. The van der Waals surface area contributed by atoms with Gasteiger partial charge in [0.2, 0.25) is 0 Å². The van der Waals surface area contributed by atoms with Crippen LogP contribution in [0.5, 0.6) is 0 Å². The zero-order valence-corrected chi connectivity index (χ0v) is 11.5. The topological polar surface area (TPSA) is 38.8 Å². The van der Waals surface area contributed by atoms with Gasteiger partial charge < -0.3 is 9.47 Å². The van der Waals surface area contributed by atoms with E-state index in [0.717, 1.165) is 5.56 Å². The van der Waals surface area contributed by atoms with Crippen LogP contribution in [0, 0.1) is 18.9 Å². The highest BCUT2D eigenvalue weighted by Gasteiger charge is 2.19. The van der Waals surface area contributed by atoms with Crippen LogP contribution in [0.2, 0.25) is 0 Å². The van der Waals surface area contributed by atoms with Crippen molar-refractivity contribution in [1.29, 1.82) is 0 Å². The number of rotatable bonds is 4. The number of carbonyl (C=O) groups excluding carboxylic acids is 1. The van der Waals surface area contributed by atoms with Crippen molar-refractivity contribution in [3.05, 3.63) is 41.5 Å². The summed E-state index contributed by atoms with van der Waals surface area (Å²) in [7, 11) is 0. The largest absolute Gasteiger partial charge is 0.447 e. The van der Waals surface area contributed by atoms with Crippen molar-refractivity contribution in [2.75, 3.05) is 26.4 Å². The van der Waals surface area contributed by atoms with Crippen LogP contribution in [0.15, 0.2) is 30.3 Å². The highest BCUT2D eigenvalue weighted by molar-refractivity contribution is 5.71. The molecule has 4 nitrogen and oxygen atoms in total. The lowest BCUT2D eigenvalue weighted by atomic mass is 10.1. The fourth-order valence-electron chi connectivity index (χ4n) is 1.76. The summed E-state index contributed by atoms with van der Waals surface area (Å²) in [6.45, 7) is 3.79. The summed E-state index contributed by atoms with van der Waals surface area (Å²) in [5.41, 5.74) is 2.39. The van der Waals surface area contributed by atoms with Gasteiger partial charge in [0.05, 0.1) is 13.2 Å². The normalized spacial score (nSPS) is 14.2. The zero-order valence-electron chi connectivity index (χ0n) is 11.5. The molecule has 0 N–H and O–H groups in total. The van der Waals surface area contributed by atoms with Crippen molar-refractivity contribution in [3.8, 4) is 12.0 Å². The minimum Gasteiger partial charge on any atom is -0.447 e. The molecule has 1 aliphatic rings. The van der Waals surface area contributed by atoms with Crippen molar-refractivity contribution in [2.45, 2.75) is 6.92 Å². The SMILES string of the molecule is Cc1cccc(/C=C/COCC#CN2CCOC2=O)c1. The number of cyclic esters (lactones) is 1. The molecule has 1 aliphatic heterocycles. The third kappa shape index (κ3) is 4.45. The van der Waals surface area contributed by atoms with Gasteiger partial charge in [0.25, 0.3) is 0 Å². The first-order valence-corrected chi connectivity index (χ1v) is 6.49. The van der Waals surface area contributed by atoms with Crippen LogP contribution in [0.25, 0.3) is 6.08 Å². The third-order valence-corrected chi connectivity index (χ3v) is 2.72. The van der Waals surface area contributed by atoms with Gasteiger partial charge in [-0.05, 0) is 12.5 Å². The van der Waals surface area contributed by atoms with Gasteiger partial charge in [-0.15, -0.1) is 0 Å². The molecular weight excluding hydrogens is 254 g/mol. The molecule has 1 fully saturated rings. The summed E-state index contributed by atoms with van der Waals surface area (Å²) in [4.78, 5) is 12.4. The van der Waals surface area contributed by atoms with E-state index in [2.05, 4.69) is 31.0 Å². The Morgan fingerprint density at radius 2 is 2.40 bits per heavy atom. The maximum absolute atomic E-state index is 11.1. The molecule has 0 atom stereocenters. The van der Waals surface area contributed by atoms with Gasteiger partial charge in [-0.1, -0.05) is 47.9 Å². The molecule has 0 aromatic heterocycles. The van der Waals surface area contributed by atoms with Gasteiger partial charge >= 0.3 is 6.09 Å². The second-order valence-corrected chi connectivity index (χ2v) is 4.39. The summed E-state index contributed by atoms with van der Waals surface area (Å²) >= 11 is 0. The predicted octanol–water partition coefficient (Wildman–Crippen LogP) is 2.44. The van der Waals surface area contributed by atoms with E-state index in [-0.39, 0.29) is 6.09 Å². The fraction of sp³-hybridized carbons (Fsp3) is 0.312. The molecule has 20 heavy (non-hydrogen) atoms. The molecule has 1 aromatic rings. The molecule has 1 heterocycles. The molecule has 104 valence electrons. The molecule has 4 heteroatoms. The summed E-state index contributed by atoms with van der Waals surface area (Å²) in [6.07, 6.45) is 3.58. The molecule has 0 bridgehead atoms. The molecule has 1 saturated heterocycles. The number of nitrogens with zero attached hydrogens (tertiary/aromatic N) is 1. The van der Waals surface area contributed by atoms with Crippen molar-refractivity contribution in [2.24, 2.45) is 0 Å². The van der Waals surface area contributed by atoms with E-state index >= 15 is 0 Å². The van der Waals surface area contributed by atoms with Gasteiger partial charge in [-0.3, -0.25) is 0 Å². The molecule has 0 spiro atoms. The second-order valence-electron chi connectivity index (χ2n) is 4.39. The number of benzene rings is 1. The van der Waals surface area contributed by atoms with E-state index in [4.69, 9.17) is 9.47 Å². The molecule has 0 radical (unpaired) electrons. The van der Waals surface area contributed by atoms with Gasteiger partial charge in [-0.25, -0.2) is 9.69 Å². The quantitative estimate of drug-likeness (QED) is 0.623. The highest BCUT2D eigenvalue weighted by Crippen LogP contribution is 2.05. The molecule has 0 unspecified atom stereocenters. The summed E-state index contributed by atoms with van der Waals surface area (Å²) in [6, 6.07) is 10.9. The summed E-state index contributed by atoms with van der Waals surface area (Å²) < 4.78 is 10.1. The standard InChI is InChI=1S/C16H17NO3/c1-14-5-2-6-15(13-14)7-3-10-19-11-4-8-17-9-12-20-16(17)18/h2-3,5-7,13H,9-12H2,1H3/b7-3+. The van der Waals surface area contributed by atoms with Crippen LogP contribution in [0.1, 0.15) is 11.1 Å². The molecule has 1 amide bonds. The Hall–Kier alpha value is -2.25. The Morgan fingerprint density at radius 1 is 1.50 bits per heavy atom. The Morgan fingerprint density at radius 3 is 3.15 bits per heavy atom.